The van der Waals surface area contributed by atoms with Gasteiger partial charge in [-0.2, -0.15) is 0 Å². The number of hydrogen-bond acceptors (Lipinski definition) is 5. The van der Waals surface area contributed by atoms with Gasteiger partial charge in [-0.1, -0.05) is 35.0 Å². The van der Waals surface area contributed by atoms with Crippen LogP contribution < -0.4 is 5.32 Å². The first-order valence-electron chi connectivity index (χ1n) is 6.06. The minimum Gasteiger partial charge on any atom is -0.298 e. The number of carbonyl (C=O) groups is 1. The number of amides is 1. The molecule has 0 atom stereocenters. The van der Waals surface area contributed by atoms with Crippen molar-refractivity contribution in [3.05, 3.63) is 69.2 Å². The number of anilines is 1. The second-order valence-electron chi connectivity index (χ2n) is 4.10. The summed E-state index contributed by atoms with van der Waals surface area (Å²) < 4.78 is 0. The fourth-order valence-corrected chi connectivity index (χ4v) is 1.75. The predicted octanol–water partition coefficient (Wildman–Crippen LogP) is 3.83. The fourth-order valence-electron chi connectivity index (χ4n) is 1.56. The predicted molar refractivity (Wildman–Crippen MR) is 82.2 cm³/mol. The molecule has 1 N–H and O–H groups in total. The minimum absolute atomic E-state index is 0.0765. The highest BCUT2D eigenvalue weighted by molar-refractivity contribution is 6.30. The van der Waals surface area contributed by atoms with Crippen molar-refractivity contribution in [2.45, 2.75) is 0 Å². The first-order chi connectivity index (χ1) is 10.5. The maximum absolute atomic E-state index is 11.5. The van der Waals surface area contributed by atoms with Crippen molar-refractivity contribution >= 4 is 35.3 Å². The number of nitrogens with zero attached hydrogens (tertiary/aromatic N) is 2. The highest BCUT2D eigenvalue weighted by atomic mass is 35.5. The van der Waals surface area contributed by atoms with E-state index in [-0.39, 0.29) is 5.69 Å². The van der Waals surface area contributed by atoms with Crippen molar-refractivity contribution in [1.82, 2.24) is 0 Å². The van der Waals surface area contributed by atoms with Gasteiger partial charge in [0.05, 0.1) is 11.1 Å². The van der Waals surface area contributed by atoms with Crippen LogP contribution in [-0.2, 0) is 4.84 Å². The molecule has 112 valence electrons. The van der Waals surface area contributed by atoms with E-state index in [0.717, 1.165) is 0 Å². The largest absolute Gasteiger partial charge is 0.437 e. The topological polar surface area (TPSA) is 93.8 Å². The standard InChI is InChI=1S/C14H10ClN3O4/c15-11-4-2-5-12(8-11)17-14(19)22-16-9-10-3-1-6-13(7-10)18(20)21/h1-9H,(H,17,19). The third-order valence-corrected chi connectivity index (χ3v) is 2.72. The molecule has 0 saturated heterocycles. The Kier molecular flexibility index (Phi) is 5.05. The van der Waals surface area contributed by atoms with Gasteiger partial charge in [0, 0.05) is 28.4 Å². The molecule has 2 rings (SSSR count). The Bertz CT molecular complexity index is 734. The third kappa shape index (κ3) is 4.57. The smallest absolute Gasteiger partial charge is 0.298 e. The molecule has 0 aromatic heterocycles. The number of oxime groups is 1. The van der Waals surface area contributed by atoms with Gasteiger partial charge in [0.15, 0.2) is 0 Å². The zero-order valence-electron chi connectivity index (χ0n) is 11.1. The molecule has 0 saturated carbocycles. The molecule has 2 aromatic rings. The van der Waals surface area contributed by atoms with Crippen LogP contribution in [0.4, 0.5) is 16.2 Å². The molecule has 0 fully saturated rings. The van der Waals surface area contributed by atoms with Crippen molar-refractivity contribution in [3.63, 3.8) is 0 Å². The van der Waals surface area contributed by atoms with Crippen LogP contribution in [0.25, 0.3) is 0 Å². The van der Waals surface area contributed by atoms with Gasteiger partial charge in [-0.15, -0.1) is 0 Å². The van der Waals surface area contributed by atoms with E-state index in [1.165, 1.54) is 24.4 Å². The van der Waals surface area contributed by atoms with Crippen molar-refractivity contribution in [2.24, 2.45) is 5.16 Å². The molecule has 8 heteroatoms. The van der Waals surface area contributed by atoms with Crippen LogP contribution in [0.15, 0.2) is 53.7 Å². The Morgan fingerprint density at radius 3 is 2.77 bits per heavy atom. The lowest BCUT2D eigenvalue weighted by Gasteiger charge is -2.02. The summed E-state index contributed by atoms with van der Waals surface area (Å²) in [5.41, 5.74) is 0.820. The maximum Gasteiger partial charge on any atom is 0.437 e. The number of hydrogen-bond donors (Lipinski definition) is 1. The first-order valence-corrected chi connectivity index (χ1v) is 6.44. The van der Waals surface area contributed by atoms with Gasteiger partial charge in [-0.3, -0.25) is 20.3 Å². The summed E-state index contributed by atoms with van der Waals surface area (Å²) in [5, 5.41) is 17.0. The SMILES string of the molecule is O=C(Nc1cccc(Cl)c1)ON=Cc1cccc([N+](=O)[O-])c1. The average Bonchev–Trinajstić information content (AvgIpc) is 2.47. The quantitative estimate of drug-likeness (QED) is 0.401. The lowest BCUT2D eigenvalue weighted by atomic mass is 10.2. The molecule has 0 aliphatic heterocycles. The molecule has 1 amide bonds. The van der Waals surface area contributed by atoms with Crippen LogP contribution in [0.2, 0.25) is 5.02 Å². The van der Waals surface area contributed by atoms with E-state index in [0.29, 0.717) is 16.3 Å². The van der Waals surface area contributed by atoms with Gasteiger partial charge < -0.3 is 0 Å². The van der Waals surface area contributed by atoms with Crippen LogP contribution in [0, 0.1) is 10.1 Å². The summed E-state index contributed by atoms with van der Waals surface area (Å²) in [4.78, 5) is 26.2. The van der Waals surface area contributed by atoms with Gasteiger partial charge >= 0.3 is 6.09 Å². The van der Waals surface area contributed by atoms with Crippen LogP contribution in [0.3, 0.4) is 0 Å². The monoisotopic (exact) mass is 319 g/mol. The minimum atomic E-state index is -0.802. The number of carbonyl (C=O) groups excluding carboxylic acids is 1. The van der Waals surface area contributed by atoms with Crippen LogP contribution in [0.1, 0.15) is 5.56 Å². The second kappa shape index (κ2) is 7.19. The van der Waals surface area contributed by atoms with E-state index in [1.54, 1.807) is 30.3 Å². The summed E-state index contributed by atoms with van der Waals surface area (Å²) in [6.07, 6.45) is 0.397. The molecule has 0 heterocycles. The molecule has 7 nitrogen and oxygen atoms in total. The lowest BCUT2D eigenvalue weighted by Crippen LogP contribution is -2.10. The van der Waals surface area contributed by atoms with E-state index in [1.807, 2.05) is 0 Å². The van der Waals surface area contributed by atoms with E-state index in [4.69, 9.17) is 11.6 Å². The Morgan fingerprint density at radius 2 is 2.05 bits per heavy atom. The normalized spacial score (nSPS) is 10.4. The van der Waals surface area contributed by atoms with E-state index in [2.05, 4.69) is 15.3 Å². The van der Waals surface area contributed by atoms with E-state index in [9.17, 15) is 14.9 Å². The zero-order valence-corrected chi connectivity index (χ0v) is 11.9. The average molecular weight is 320 g/mol. The number of rotatable bonds is 4. The molecule has 22 heavy (non-hydrogen) atoms. The van der Waals surface area contributed by atoms with Gasteiger partial charge in [0.1, 0.15) is 0 Å². The Labute approximate surface area is 130 Å². The highest BCUT2D eigenvalue weighted by Crippen LogP contribution is 2.15. The van der Waals surface area contributed by atoms with E-state index >= 15 is 0 Å². The summed E-state index contributed by atoms with van der Waals surface area (Å²) >= 11 is 5.78. The third-order valence-electron chi connectivity index (χ3n) is 2.49. The zero-order chi connectivity index (χ0) is 15.9. The Balaban J connectivity index is 1.93. The van der Waals surface area contributed by atoms with Gasteiger partial charge in [-0.25, -0.2) is 4.79 Å². The lowest BCUT2D eigenvalue weighted by molar-refractivity contribution is -0.384. The van der Waals surface area contributed by atoms with Crippen molar-refractivity contribution in [1.29, 1.82) is 0 Å². The molecule has 0 bridgehead atoms. The maximum atomic E-state index is 11.5. The second-order valence-corrected chi connectivity index (χ2v) is 4.54. The number of nitro groups is 1. The molecule has 0 radical (unpaired) electrons. The molecule has 0 aliphatic carbocycles. The molecular formula is C14H10ClN3O4. The van der Waals surface area contributed by atoms with Crippen molar-refractivity contribution < 1.29 is 14.6 Å². The van der Waals surface area contributed by atoms with Crippen LogP contribution in [-0.4, -0.2) is 17.2 Å². The fraction of sp³-hybridized carbons (Fsp3) is 0. The first kappa shape index (κ1) is 15.5. The van der Waals surface area contributed by atoms with Crippen molar-refractivity contribution in [3.8, 4) is 0 Å². The summed E-state index contributed by atoms with van der Waals surface area (Å²) in [7, 11) is 0. The number of nitrogens with one attached hydrogen (secondary N) is 1. The number of nitro benzene ring substituents is 1. The van der Waals surface area contributed by atoms with Crippen molar-refractivity contribution in [2.75, 3.05) is 5.32 Å². The summed E-state index contributed by atoms with van der Waals surface area (Å²) in [6.45, 7) is 0. The number of non-ortho nitro benzene ring substituents is 1. The van der Waals surface area contributed by atoms with Gasteiger partial charge in [0.2, 0.25) is 0 Å². The van der Waals surface area contributed by atoms with Gasteiger partial charge in [0.25, 0.3) is 5.69 Å². The Morgan fingerprint density at radius 1 is 1.27 bits per heavy atom. The molecule has 0 unspecified atom stereocenters. The van der Waals surface area contributed by atoms with E-state index < -0.39 is 11.0 Å². The molecule has 0 aliphatic rings. The van der Waals surface area contributed by atoms with Crippen LogP contribution >= 0.6 is 11.6 Å². The highest BCUT2D eigenvalue weighted by Gasteiger charge is 2.05. The van der Waals surface area contributed by atoms with Crippen LogP contribution in [0.5, 0.6) is 0 Å². The molecule has 0 spiro atoms. The number of halogens is 1. The summed E-state index contributed by atoms with van der Waals surface area (Å²) in [6, 6.07) is 12.3. The summed E-state index contributed by atoms with van der Waals surface area (Å²) in [5.74, 6) is 0. The Hall–Kier alpha value is -2.93. The molecule has 2 aromatic carbocycles. The van der Waals surface area contributed by atoms with Gasteiger partial charge in [-0.05, 0) is 18.2 Å². The number of benzene rings is 2. The molecular weight excluding hydrogens is 310 g/mol.